The van der Waals surface area contributed by atoms with E-state index in [2.05, 4.69) is 56.0 Å². The van der Waals surface area contributed by atoms with E-state index in [4.69, 9.17) is 14.7 Å². The minimum Gasteiger partial charge on any atom is -0.360 e. The Morgan fingerprint density at radius 2 is 1.56 bits per heavy atom. The summed E-state index contributed by atoms with van der Waals surface area (Å²) in [5.41, 5.74) is 8.25. The molecule has 4 aliphatic rings. The Balaban J connectivity index is 1.17. The van der Waals surface area contributed by atoms with Gasteiger partial charge in [0.25, 0.3) is 0 Å². The number of nitrogens with zero attached hydrogens (tertiary/aromatic N) is 3. The van der Waals surface area contributed by atoms with Crippen LogP contribution >= 0.6 is 0 Å². The van der Waals surface area contributed by atoms with Gasteiger partial charge in [-0.25, -0.2) is 4.98 Å². The summed E-state index contributed by atoms with van der Waals surface area (Å²) in [6.45, 7) is 6.55. The van der Waals surface area contributed by atoms with Crippen LogP contribution in [0.3, 0.4) is 0 Å². The van der Waals surface area contributed by atoms with Gasteiger partial charge in [-0.05, 0) is 106 Å². The molecule has 0 amide bonds. The largest absolute Gasteiger partial charge is 0.360 e. The highest BCUT2D eigenvalue weighted by molar-refractivity contribution is 5.72. The summed E-state index contributed by atoms with van der Waals surface area (Å²) in [5.74, 6) is 3.60. The molecule has 2 atom stereocenters. The normalized spacial score (nSPS) is 30.1. The van der Waals surface area contributed by atoms with E-state index in [1.165, 1.54) is 90.8 Å². The third-order valence-electron chi connectivity index (χ3n) is 9.31. The van der Waals surface area contributed by atoms with E-state index in [1.54, 1.807) is 0 Å². The fourth-order valence-electron chi connectivity index (χ4n) is 7.67. The van der Waals surface area contributed by atoms with Crippen molar-refractivity contribution >= 4 is 5.82 Å². The summed E-state index contributed by atoms with van der Waals surface area (Å²) in [5, 5.41) is 4.72. The lowest BCUT2D eigenvalue weighted by Crippen LogP contribution is -2.52. The van der Waals surface area contributed by atoms with Gasteiger partial charge in [0.1, 0.15) is 17.3 Å². The molecule has 2 aromatic heterocycles. The Bertz CT molecular complexity index is 1200. The summed E-state index contributed by atoms with van der Waals surface area (Å²) in [7, 11) is 0. The van der Waals surface area contributed by atoms with Crippen molar-refractivity contribution in [2.24, 2.45) is 5.41 Å². The lowest BCUT2D eigenvalue weighted by atomic mass is 9.54. The maximum atomic E-state index is 6.09. The fourth-order valence-corrected chi connectivity index (χ4v) is 7.67. The quantitative estimate of drug-likeness (QED) is 0.418. The van der Waals surface area contributed by atoms with Gasteiger partial charge in [0.2, 0.25) is 0 Å². The molecule has 4 heterocycles. The Morgan fingerprint density at radius 3 is 2.18 bits per heavy atom. The number of rotatable bonds is 4. The van der Waals surface area contributed by atoms with Gasteiger partial charge in [-0.3, -0.25) is 0 Å². The molecule has 2 unspecified atom stereocenters. The average Bonchev–Trinajstić information content (AvgIpc) is 3.50. The molecular weight excluding hydrogens is 418 g/mol. The molecule has 176 valence electrons. The highest BCUT2D eigenvalue weighted by Gasteiger charge is 2.56. The van der Waals surface area contributed by atoms with Gasteiger partial charge < -0.3 is 9.42 Å². The second-order valence-electron chi connectivity index (χ2n) is 11.8. The lowest BCUT2D eigenvalue weighted by molar-refractivity contribution is 0.0481. The molecule has 1 spiro atoms. The number of aromatic nitrogens is 2. The van der Waals surface area contributed by atoms with Crippen molar-refractivity contribution < 1.29 is 4.52 Å². The van der Waals surface area contributed by atoms with Gasteiger partial charge in [-0.1, -0.05) is 29.4 Å². The summed E-state index contributed by atoms with van der Waals surface area (Å²) in [6, 6.07) is 12.3. The maximum Gasteiger partial charge on any atom is 0.143 e. The molecule has 0 N–H and O–H groups in total. The standard InChI is InChI=1S/C30H35N3O/c1-18-7-12-25(31-17-18)33-23-10-11-24(33)16-30(15-23)13-22(14-30)27-28(32-34-29(27)21-8-9-21)26-19(2)5-4-6-20(26)3/h4-7,12,17,21-24H,8-11,13-16H2,1-3H3. The average molecular weight is 454 g/mol. The first-order valence-corrected chi connectivity index (χ1v) is 13.3. The molecule has 2 aliphatic carbocycles. The van der Waals surface area contributed by atoms with Crippen LogP contribution < -0.4 is 4.90 Å². The molecule has 7 rings (SSSR count). The van der Waals surface area contributed by atoms with E-state index in [1.807, 2.05) is 6.20 Å². The molecule has 34 heavy (non-hydrogen) atoms. The first kappa shape index (κ1) is 20.7. The zero-order chi connectivity index (χ0) is 23.0. The number of hydrogen-bond acceptors (Lipinski definition) is 4. The van der Waals surface area contributed by atoms with E-state index < -0.39 is 0 Å². The Morgan fingerprint density at radius 1 is 0.853 bits per heavy atom. The number of aryl methyl sites for hydroxylation is 3. The Labute approximate surface area is 202 Å². The molecule has 1 aromatic carbocycles. The minimum absolute atomic E-state index is 0.494. The van der Waals surface area contributed by atoms with Crippen molar-refractivity contribution in [3.05, 3.63) is 64.5 Å². The van der Waals surface area contributed by atoms with Crippen LogP contribution in [0.4, 0.5) is 5.82 Å². The number of piperidine rings is 1. The molecular formula is C30H35N3O. The van der Waals surface area contributed by atoms with Crippen LogP contribution in [0, 0.1) is 26.2 Å². The zero-order valence-electron chi connectivity index (χ0n) is 20.7. The monoisotopic (exact) mass is 453 g/mol. The summed E-state index contributed by atoms with van der Waals surface area (Å²) in [4.78, 5) is 7.46. The molecule has 2 bridgehead atoms. The van der Waals surface area contributed by atoms with E-state index in [9.17, 15) is 0 Å². The molecule has 3 aromatic rings. The summed E-state index contributed by atoms with van der Waals surface area (Å²) in [6.07, 6.45) is 12.4. The van der Waals surface area contributed by atoms with Crippen LogP contribution in [0.1, 0.15) is 91.2 Å². The van der Waals surface area contributed by atoms with Crippen molar-refractivity contribution in [2.75, 3.05) is 4.90 Å². The Hall–Kier alpha value is -2.62. The zero-order valence-corrected chi connectivity index (χ0v) is 20.7. The van der Waals surface area contributed by atoms with Gasteiger partial charge in [-0.15, -0.1) is 0 Å². The van der Waals surface area contributed by atoms with Crippen LogP contribution in [0.5, 0.6) is 0 Å². The maximum absolute atomic E-state index is 6.09. The Kier molecular flexibility index (Phi) is 4.53. The van der Waals surface area contributed by atoms with Crippen molar-refractivity contribution in [2.45, 2.75) is 96.1 Å². The molecule has 2 aliphatic heterocycles. The molecule has 0 radical (unpaired) electrons. The highest BCUT2D eigenvalue weighted by Crippen LogP contribution is 2.63. The number of benzene rings is 1. The van der Waals surface area contributed by atoms with E-state index in [0.29, 0.717) is 29.3 Å². The molecule has 2 saturated carbocycles. The molecule has 4 heteroatoms. The van der Waals surface area contributed by atoms with E-state index in [0.717, 1.165) is 5.69 Å². The van der Waals surface area contributed by atoms with Crippen molar-refractivity contribution in [3.8, 4) is 11.3 Å². The van der Waals surface area contributed by atoms with Gasteiger partial charge in [0, 0.05) is 35.3 Å². The lowest BCUT2D eigenvalue weighted by Gasteiger charge is -2.55. The minimum atomic E-state index is 0.494. The number of pyridine rings is 1. The number of anilines is 1. The third kappa shape index (κ3) is 3.17. The predicted molar refractivity (Wildman–Crippen MR) is 135 cm³/mol. The highest BCUT2D eigenvalue weighted by atomic mass is 16.5. The fraction of sp³-hybridized carbons (Fsp3) is 0.533. The third-order valence-corrected chi connectivity index (χ3v) is 9.31. The van der Waals surface area contributed by atoms with Crippen LogP contribution in [0.2, 0.25) is 0 Å². The number of fused-ring (bicyclic) bond motifs is 2. The van der Waals surface area contributed by atoms with Gasteiger partial charge in [0.05, 0.1) is 0 Å². The summed E-state index contributed by atoms with van der Waals surface area (Å²) < 4.78 is 6.09. The first-order valence-electron chi connectivity index (χ1n) is 13.3. The van der Waals surface area contributed by atoms with Crippen LogP contribution in [-0.2, 0) is 0 Å². The smallest absolute Gasteiger partial charge is 0.143 e. The van der Waals surface area contributed by atoms with Gasteiger partial charge in [-0.2, -0.15) is 0 Å². The van der Waals surface area contributed by atoms with Crippen LogP contribution in [-0.4, -0.2) is 22.2 Å². The molecule has 4 nitrogen and oxygen atoms in total. The molecule has 4 fully saturated rings. The van der Waals surface area contributed by atoms with Crippen molar-refractivity contribution in [1.29, 1.82) is 0 Å². The second-order valence-corrected chi connectivity index (χ2v) is 11.8. The van der Waals surface area contributed by atoms with Crippen LogP contribution in [0.25, 0.3) is 11.3 Å². The number of hydrogen-bond donors (Lipinski definition) is 0. The molecule has 2 saturated heterocycles. The topological polar surface area (TPSA) is 42.2 Å². The van der Waals surface area contributed by atoms with E-state index in [-0.39, 0.29) is 0 Å². The van der Waals surface area contributed by atoms with Crippen molar-refractivity contribution in [3.63, 3.8) is 0 Å². The predicted octanol–water partition coefficient (Wildman–Crippen LogP) is 7.23. The van der Waals surface area contributed by atoms with E-state index >= 15 is 0 Å². The van der Waals surface area contributed by atoms with Crippen molar-refractivity contribution in [1.82, 2.24) is 10.1 Å². The second kappa shape index (κ2) is 7.44. The first-order chi connectivity index (χ1) is 16.5. The SMILES string of the molecule is Cc1ccc(N2C3CCC2CC2(CC(c4c(-c5c(C)cccc5C)noc4C4CC4)C2)C3)nc1. The van der Waals surface area contributed by atoms with Gasteiger partial charge in [0.15, 0.2) is 0 Å². The van der Waals surface area contributed by atoms with Gasteiger partial charge >= 0.3 is 0 Å². The van der Waals surface area contributed by atoms with Crippen LogP contribution in [0.15, 0.2) is 41.1 Å². The summed E-state index contributed by atoms with van der Waals surface area (Å²) >= 11 is 0.